The Labute approximate surface area is 113 Å². The van der Waals surface area contributed by atoms with E-state index in [-0.39, 0.29) is 24.0 Å². The van der Waals surface area contributed by atoms with Crippen molar-refractivity contribution in [2.45, 2.75) is 13.3 Å². The van der Waals surface area contributed by atoms with Gasteiger partial charge in [0.2, 0.25) is 0 Å². The molecule has 2 N–H and O–H groups in total. The van der Waals surface area contributed by atoms with E-state index in [0.717, 1.165) is 18.7 Å². The van der Waals surface area contributed by atoms with Crippen LogP contribution < -0.4 is 5.73 Å². The quantitative estimate of drug-likeness (QED) is 0.522. The predicted molar refractivity (Wildman–Crippen MR) is 80.2 cm³/mol. The van der Waals surface area contributed by atoms with E-state index in [1.54, 1.807) is 11.8 Å². The fourth-order valence-corrected chi connectivity index (χ4v) is 1.61. The minimum Gasteiger partial charge on any atom is -0.379 e. The highest BCUT2D eigenvalue weighted by atomic mass is 127. The maximum atomic E-state index is 5.66. The number of hydrogen-bond donors (Lipinski definition) is 1. The van der Waals surface area contributed by atoms with E-state index in [4.69, 9.17) is 5.73 Å². The standard InChI is InChI=1S/C11H16N2S.HI/c1-2-14-11(12)13-9-8-10-6-4-3-5-7-10;/h3-7H,2,8-9H2,1H3,(H2,12,13);1H. The van der Waals surface area contributed by atoms with Crippen LogP contribution in [0.4, 0.5) is 0 Å². The molecular formula is C11H17IN2S. The zero-order valence-corrected chi connectivity index (χ0v) is 12.0. The molecule has 0 aromatic heterocycles. The molecule has 0 aliphatic carbocycles. The second-order valence-corrected chi connectivity index (χ2v) is 4.17. The van der Waals surface area contributed by atoms with Crippen LogP contribution in [0.25, 0.3) is 0 Å². The molecule has 0 aliphatic heterocycles. The Morgan fingerprint density at radius 1 is 1.33 bits per heavy atom. The summed E-state index contributed by atoms with van der Waals surface area (Å²) in [6.45, 7) is 2.85. The van der Waals surface area contributed by atoms with Crippen LogP contribution >= 0.6 is 35.7 Å². The topological polar surface area (TPSA) is 38.4 Å². The highest BCUT2D eigenvalue weighted by molar-refractivity contribution is 14.0. The van der Waals surface area contributed by atoms with Crippen LogP contribution in [0.2, 0.25) is 0 Å². The summed E-state index contributed by atoms with van der Waals surface area (Å²) in [5, 5.41) is 0.698. The van der Waals surface area contributed by atoms with E-state index in [2.05, 4.69) is 24.0 Å². The van der Waals surface area contributed by atoms with Crippen LogP contribution in [0.5, 0.6) is 0 Å². The summed E-state index contributed by atoms with van der Waals surface area (Å²) in [5.41, 5.74) is 6.97. The van der Waals surface area contributed by atoms with Gasteiger partial charge in [-0.2, -0.15) is 0 Å². The molecule has 0 bridgehead atoms. The van der Waals surface area contributed by atoms with Crippen molar-refractivity contribution in [1.29, 1.82) is 0 Å². The lowest BCUT2D eigenvalue weighted by molar-refractivity contribution is 0.970. The lowest BCUT2D eigenvalue weighted by Crippen LogP contribution is -2.08. The van der Waals surface area contributed by atoms with Gasteiger partial charge in [-0.1, -0.05) is 49.0 Å². The summed E-state index contributed by atoms with van der Waals surface area (Å²) in [7, 11) is 0. The van der Waals surface area contributed by atoms with E-state index >= 15 is 0 Å². The lowest BCUT2D eigenvalue weighted by atomic mass is 10.2. The van der Waals surface area contributed by atoms with Gasteiger partial charge in [0.15, 0.2) is 5.17 Å². The number of thioether (sulfide) groups is 1. The third-order valence-electron chi connectivity index (χ3n) is 1.80. The average Bonchev–Trinajstić information content (AvgIpc) is 2.20. The highest BCUT2D eigenvalue weighted by Gasteiger charge is 1.92. The number of benzene rings is 1. The fourth-order valence-electron chi connectivity index (χ4n) is 1.13. The van der Waals surface area contributed by atoms with Crippen molar-refractivity contribution in [1.82, 2.24) is 0 Å². The van der Waals surface area contributed by atoms with Crippen molar-refractivity contribution in [2.75, 3.05) is 12.3 Å². The monoisotopic (exact) mass is 336 g/mol. The number of hydrogen-bond acceptors (Lipinski definition) is 2. The first-order valence-corrected chi connectivity index (χ1v) is 5.78. The molecule has 0 fully saturated rings. The molecule has 84 valence electrons. The highest BCUT2D eigenvalue weighted by Crippen LogP contribution is 2.01. The Morgan fingerprint density at radius 2 is 2.00 bits per heavy atom. The first-order valence-electron chi connectivity index (χ1n) is 4.79. The summed E-state index contributed by atoms with van der Waals surface area (Å²) < 4.78 is 0. The van der Waals surface area contributed by atoms with Crippen LogP contribution in [-0.2, 0) is 6.42 Å². The number of nitrogens with zero attached hydrogens (tertiary/aromatic N) is 1. The van der Waals surface area contributed by atoms with Gasteiger partial charge in [0, 0.05) is 6.54 Å². The Balaban J connectivity index is 0.00000196. The third-order valence-corrected chi connectivity index (χ3v) is 2.52. The predicted octanol–water partition coefficient (Wildman–Crippen LogP) is 2.91. The Bertz CT molecular complexity index is 288. The van der Waals surface area contributed by atoms with Crippen molar-refractivity contribution in [3.8, 4) is 0 Å². The minimum atomic E-state index is 0. The van der Waals surface area contributed by atoms with E-state index in [9.17, 15) is 0 Å². The van der Waals surface area contributed by atoms with Crippen molar-refractivity contribution >= 4 is 40.9 Å². The maximum absolute atomic E-state index is 5.66. The smallest absolute Gasteiger partial charge is 0.153 e. The molecule has 0 amide bonds. The molecule has 1 rings (SSSR count). The molecule has 0 radical (unpaired) electrons. The fraction of sp³-hybridized carbons (Fsp3) is 0.364. The molecule has 0 saturated heterocycles. The number of halogens is 1. The molecule has 0 aliphatic rings. The second kappa shape index (κ2) is 9.03. The normalized spacial score (nSPS) is 10.9. The van der Waals surface area contributed by atoms with E-state index in [1.807, 2.05) is 18.2 Å². The van der Waals surface area contributed by atoms with Crippen LogP contribution in [0, 0.1) is 0 Å². The number of amidine groups is 1. The molecule has 0 saturated carbocycles. The second-order valence-electron chi connectivity index (χ2n) is 2.89. The lowest BCUT2D eigenvalue weighted by Gasteiger charge is -1.99. The van der Waals surface area contributed by atoms with E-state index < -0.39 is 0 Å². The van der Waals surface area contributed by atoms with Gasteiger partial charge in [-0.15, -0.1) is 24.0 Å². The summed E-state index contributed by atoms with van der Waals surface area (Å²) in [4.78, 5) is 4.27. The summed E-state index contributed by atoms with van der Waals surface area (Å²) in [5.74, 6) is 0.987. The van der Waals surface area contributed by atoms with Gasteiger partial charge < -0.3 is 5.73 Å². The molecular weight excluding hydrogens is 319 g/mol. The van der Waals surface area contributed by atoms with Crippen LogP contribution in [0.15, 0.2) is 35.3 Å². The Morgan fingerprint density at radius 3 is 2.60 bits per heavy atom. The van der Waals surface area contributed by atoms with E-state index in [1.165, 1.54) is 5.56 Å². The third kappa shape index (κ3) is 6.78. The molecule has 1 aromatic carbocycles. The molecule has 1 aromatic rings. The first kappa shape index (κ1) is 14.8. The average molecular weight is 336 g/mol. The van der Waals surface area contributed by atoms with Crippen molar-refractivity contribution in [3.63, 3.8) is 0 Å². The molecule has 0 spiro atoms. The minimum absolute atomic E-state index is 0. The molecule has 0 heterocycles. The summed E-state index contributed by atoms with van der Waals surface area (Å²) in [6, 6.07) is 10.3. The van der Waals surface area contributed by atoms with Crippen LogP contribution in [-0.4, -0.2) is 17.5 Å². The number of nitrogens with two attached hydrogens (primary N) is 1. The SMILES string of the molecule is CCSC(N)=NCCc1ccccc1.I. The van der Waals surface area contributed by atoms with Gasteiger partial charge >= 0.3 is 0 Å². The molecule has 0 unspecified atom stereocenters. The molecule has 15 heavy (non-hydrogen) atoms. The van der Waals surface area contributed by atoms with Gasteiger partial charge in [0.05, 0.1) is 0 Å². The van der Waals surface area contributed by atoms with E-state index in [0.29, 0.717) is 5.17 Å². The number of aliphatic imine (C=N–C) groups is 1. The van der Waals surface area contributed by atoms with Crippen molar-refractivity contribution in [3.05, 3.63) is 35.9 Å². The molecule has 4 heteroatoms. The van der Waals surface area contributed by atoms with Gasteiger partial charge in [0.25, 0.3) is 0 Å². The molecule has 2 nitrogen and oxygen atoms in total. The van der Waals surface area contributed by atoms with Crippen LogP contribution in [0.3, 0.4) is 0 Å². The van der Waals surface area contributed by atoms with Crippen molar-refractivity contribution < 1.29 is 0 Å². The van der Waals surface area contributed by atoms with Gasteiger partial charge in [-0.05, 0) is 17.7 Å². The van der Waals surface area contributed by atoms with Gasteiger partial charge in [-0.25, -0.2) is 0 Å². The maximum Gasteiger partial charge on any atom is 0.153 e. The Kier molecular flexibility index (Phi) is 8.89. The van der Waals surface area contributed by atoms with Crippen molar-refractivity contribution in [2.24, 2.45) is 10.7 Å². The zero-order valence-electron chi connectivity index (χ0n) is 8.85. The van der Waals surface area contributed by atoms with Crippen LogP contribution in [0.1, 0.15) is 12.5 Å². The Hall–Kier alpha value is -0.230. The van der Waals surface area contributed by atoms with Gasteiger partial charge in [0.1, 0.15) is 0 Å². The van der Waals surface area contributed by atoms with Gasteiger partial charge in [-0.3, -0.25) is 4.99 Å². The largest absolute Gasteiger partial charge is 0.379 e. The number of rotatable bonds is 4. The summed E-state index contributed by atoms with van der Waals surface area (Å²) in [6.07, 6.45) is 0.964. The molecule has 0 atom stereocenters. The first-order chi connectivity index (χ1) is 6.83. The zero-order chi connectivity index (χ0) is 10.2. The summed E-state index contributed by atoms with van der Waals surface area (Å²) >= 11 is 1.59.